The van der Waals surface area contributed by atoms with Gasteiger partial charge in [0.15, 0.2) is 0 Å². The number of amides is 1. The molecule has 2 aromatic carbocycles. The molecule has 2 heterocycles. The Bertz CT molecular complexity index is 1410. The Balaban J connectivity index is 1.54. The summed E-state index contributed by atoms with van der Waals surface area (Å²) in [5, 5.41) is 4.51. The van der Waals surface area contributed by atoms with Crippen molar-refractivity contribution < 1.29 is 13.9 Å². The van der Waals surface area contributed by atoms with Gasteiger partial charge in [-0.25, -0.2) is 0 Å². The Labute approximate surface area is 214 Å². The van der Waals surface area contributed by atoms with Crippen LogP contribution in [0.2, 0.25) is 0 Å². The third-order valence-electron chi connectivity index (χ3n) is 6.30. The van der Waals surface area contributed by atoms with E-state index < -0.39 is 0 Å². The number of carbonyl (C=O) groups excluding carboxylic acids is 1. The highest BCUT2D eigenvalue weighted by molar-refractivity contribution is 6.27. The van der Waals surface area contributed by atoms with Crippen LogP contribution < -0.4 is 16.4 Å². The van der Waals surface area contributed by atoms with Gasteiger partial charge in [0.2, 0.25) is 5.91 Å². The van der Waals surface area contributed by atoms with E-state index >= 15 is 0 Å². The lowest BCUT2D eigenvalue weighted by Crippen LogP contribution is -2.35. The van der Waals surface area contributed by atoms with Crippen molar-refractivity contribution in [2.24, 2.45) is 4.99 Å². The summed E-state index contributed by atoms with van der Waals surface area (Å²) >= 11 is 5.52. The number of rotatable bonds is 7. The number of hydrogen-bond donors (Lipinski definition) is 2. The average molecular weight is 505 g/mol. The van der Waals surface area contributed by atoms with Crippen LogP contribution in [0, 0.1) is 0 Å². The number of morpholine rings is 1. The number of nitrogens with one attached hydrogen (secondary N) is 1. The maximum absolute atomic E-state index is 11.3. The molecular weight excluding hydrogens is 476 g/mol. The van der Waals surface area contributed by atoms with Gasteiger partial charge in [0, 0.05) is 60.5 Å². The first-order valence-corrected chi connectivity index (χ1v) is 12.6. The van der Waals surface area contributed by atoms with Gasteiger partial charge in [0.1, 0.15) is 17.2 Å². The summed E-state index contributed by atoms with van der Waals surface area (Å²) < 4.78 is 11.8. The molecule has 1 saturated heterocycles. The predicted octanol–water partition coefficient (Wildman–Crippen LogP) is 3.87. The van der Waals surface area contributed by atoms with Crippen LogP contribution in [0.4, 0.5) is 5.69 Å². The third-order valence-corrected chi connectivity index (χ3v) is 6.55. The van der Waals surface area contributed by atoms with Crippen molar-refractivity contribution >= 4 is 34.2 Å². The summed E-state index contributed by atoms with van der Waals surface area (Å²) in [6, 6.07) is 20.4. The number of ether oxygens (including phenoxy) is 1. The Morgan fingerprint density at radius 2 is 1.94 bits per heavy atom. The third kappa shape index (κ3) is 5.54. The van der Waals surface area contributed by atoms with Crippen molar-refractivity contribution in [3.05, 3.63) is 71.6 Å². The molecule has 0 spiro atoms. The van der Waals surface area contributed by atoms with Crippen LogP contribution in [-0.2, 0) is 16.1 Å². The monoisotopic (exact) mass is 504 g/mol. The molecule has 0 saturated carbocycles. The van der Waals surface area contributed by atoms with Crippen LogP contribution in [0.5, 0.6) is 0 Å². The van der Waals surface area contributed by atoms with Gasteiger partial charge in [0.25, 0.3) is 0 Å². The van der Waals surface area contributed by atoms with E-state index in [1.54, 1.807) is 0 Å². The van der Waals surface area contributed by atoms with Gasteiger partial charge < -0.3 is 20.2 Å². The minimum absolute atomic E-state index is 0.0541. The standard InChI is InChI=1S/C28H29ClN4O3/c29-17-27(34)32-9-8-31-22-5-7-24-26(16-22)36-25-15-21(30)4-6-23(25)28(24)20-3-1-2-19(14-20)18-33-10-12-35-13-11-33/h1-7,14-16H,8-13,17-18,30H2,(H,32,34). The molecule has 3 aliphatic rings. The van der Waals surface area contributed by atoms with Crippen molar-refractivity contribution in [2.75, 3.05) is 51.0 Å². The molecule has 0 radical (unpaired) electrons. The molecule has 0 atom stereocenters. The van der Waals surface area contributed by atoms with Crippen LogP contribution >= 0.6 is 11.6 Å². The molecule has 0 unspecified atom stereocenters. The number of benzene rings is 3. The molecule has 186 valence electrons. The lowest BCUT2D eigenvalue weighted by Gasteiger charge is -2.26. The number of fused-ring (bicyclic) bond motifs is 2. The lowest BCUT2D eigenvalue weighted by atomic mass is 9.92. The second-order valence-corrected chi connectivity index (χ2v) is 9.13. The summed E-state index contributed by atoms with van der Waals surface area (Å²) in [4.78, 5) is 18.3. The highest BCUT2D eigenvalue weighted by Gasteiger charge is 2.18. The van der Waals surface area contributed by atoms with Crippen molar-refractivity contribution in [3.63, 3.8) is 0 Å². The van der Waals surface area contributed by atoms with Gasteiger partial charge in [-0.2, -0.15) is 0 Å². The molecule has 7 nitrogen and oxygen atoms in total. The normalized spacial score (nSPS) is 15.0. The number of carbonyl (C=O) groups is 1. The first kappa shape index (κ1) is 24.3. The number of nitrogen functional groups attached to an aromatic ring is 1. The Hall–Kier alpha value is -3.39. The Morgan fingerprint density at radius 3 is 2.78 bits per heavy atom. The topological polar surface area (TPSA) is 93.1 Å². The highest BCUT2D eigenvalue weighted by atomic mass is 35.5. The van der Waals surface area contributed by atoms with Gasteiger partial charge in [-0.1, -0.05) is 18.2 Å². The van der Waals surface area contributed by atoms with E-state index in [0.717, 1.165) is 71.6 Å². The van der Waals surface area contributed by atoms with Gasteiger partial charge in [-0.15, -0.1) is 11.6 Å². The fraction of sp³-hybridized carbons (Fsp3) is 0.286. The number of alkyl halides is 1. The van der Waals surface area contributed by atoms with E-state index in [1.165, 1.54) is 5.56 Å². The second-order valence-electron chi connectivity index (χ2n) is 8.87. The zero-order chi connectivity index (χ0) is 24.9. The van der Waals surface area contributed by atoms with Gasteiger partial charge >= 0.3 is 0 Å². The molecule has 1 amide bonds. The number of nitrogens with two attached hydrogens (primary N) is 1. The summed E-state index contributed by atoms with van der Waals surface area (Å²) in [7, 11) is 0. The van der Waals surface area contributed by atoms with E-state index in [4.69, 9.17) is 26.5 Å². The summed E-state index contributed by atoms with van der Waals surface area (Å²) in [6.45, 7) is 5.22. The first-order valence-electron chi connectivity index (χ1n) is 12.1. The van der Waals surface area contributed by atoms with Crippen LogP contribution in [0.1, 0.15) is 5.56 Å². The summed E-state index contributed by atoms with van der Waals surface area (Å²) in [5.74, 6) is 0.472. The van der Waals surface area contributed by atoms with Crippen LogP contribution in [0.25, 0.3) is 33.4 Å². The molecule has 3 N–H and O–H groups in total. The fourth-order valence-corrected chi connectivity index (χ4v) is 4.67. The van der Waals surface area contributed by atoms with Crippen molar-refractivity contribution in [1.82, 2.24) is 10.2 Å². The van der Waals surface area contributed by atoms with E-state index in [9.17, 15) is 4.79 Å². The molecular formula is C28H29ClN4O3. The quantitative estimate of drug-likeness (QED) is 0.172. The Kier molecular flexibility index (Phi) is 7.51. The Morgan fingerprint density at radius 1 is 1.08 bits per heavy atom. The van der Waals surface area contributed by atoms with Crippen molar-refractivity contribution in [1.29, 1.82) is 0 Å². The zero-order valence-corrected chi connectivity index (χ0v) is 20.8. The number of halogens is 1. The van der Waals surface area contributed by atoms with Crippen LogP contribution in [0.3, 0.4) is 0 Å². The molecule has 5 rings (SSSR count). The number of anilines is 1. The molecule has 8 heteroatoms. The van der Waals surface area contributed by atoms with E-state index in [-0.39, 0.29) is 11.8 Å². The summed E-state index contributed by atoms with van der Waals surface area (Å²) in [6.07, 6.45) is 0. The molecule has 2 aliphatic heterocycles. The number of hydrogen-bond acceptors (Lipinski definition) is 6. The number of nitrogens with zero attached hydrogens (tertiary/aromatic N) is 2. The van der Waals surface area contributed by atoms with E-state index in [0.29, 0.717) is 18.8 Å². The first-order chi connectivity index (χ1) is 17.6. The van der Waals surface area contributed by atoms with Crippen molar-refractivity contribution in [3.8, 4) is 22.5 Å². The van der Waals surface area contributed by atoms with Gasteiger partial charge in [-0.3, -0.25) is 14.7 Å². The largest absolute Gasteiger partial charge is 0.456 e. The molecule has 36 heavy (non-hydrogen) atoms. The highest BCUT2D eigenvalue weighted by Crippen LogP contribution is 2.40. The van der Waals surface area contributed by atoms with E-state index in [2.05, 4.69) is 45.5 Å². The maximum Gasteiger partial charge on any atom is 0.234 e. The molecule has 1 fully saturated rings. The minimum atomic E-state index is -0.204. The minimum Gasteiger partial charge on any atom is -0.456 e. The lowest BCUT2D eigenvalue weighted by molar-refractivity contribution is -0.118. The molecule has 0 aromatic heterocycles. The molecule has 0 bridgehead atoms. The van der Waals surface area contributed by atoms with Gasteiger partial charge in [0.05, 0.1) is 25.1 Å². The zero-order valence-electron chi connectivity index (χ0n) is 20.0. The summed E-state index contributed by atoms with van der Waals surface area (Å²) in [5.41, 5.74) is 12.0. The van der Waals surface area contributed by atoms with Crippen molar-refractivity contribution in [2.45, 2.75) is 6.54 Å². The SMILES string of the molecule is Nc1ccc2c(-c3cccc(CN4CCOCC4)c3)c3ccc(=NCCNC(=O)CCl)cc-3oc2c1. The predicted molar refractivity (Wildman–Crippen MR) is 143 cm³/mol. The fourth-order valence-electron chi connectivity index (χ4n) is 4.58. The molecule has 1 aliphatic carbocycles. The van der Waals surface area contributed by atoms with E-state index in [1.807, 2.05) is 30.3 Å². The van der Waals surface area contributed by atoms with Crippen LogP contribution in [-0.4, -0.2) is 56.1 Å². The smallest absolute Gasteiger partial charge is 0.234 e. The van der Waals surface area contributed by atoms with Crippen LogP contribution in [0.15, 0.2) is 70.1 Å². The second kappa shape index (κ2) is 11.1. The maximum atomic E-state index is 11.3. The average Bonchev–Trinajstić information content (AvgIpc) is 2.90. The molecule has 2 aromatic rings. The van der Waals surface area contributed by atoms with Gasteiger partial charge in [-0.05, 0) is 41.5 Å².